The minimum atomic E-state index is 0. The molecule has 0 aliphatic heterocycles. The highest BCUT2D eigenvalue weighted by atomic mass is 35.5. The summed E-state index contributed by atoms with van der Waals surface area (Å²) in [4.78, 5) is 4.56. The fraction of sp³-hybridized carbons (Fsp3) is 0.571. The molecule has 0 saturated heterocycles. The number of nitrogens with two attached hydrogens (primary N) is 1. The molecule has 0 amide bonds. The summed E-state index contributed by atoms with van der Waals surface area (Å²) in [5, 5.41) is 7.99. The predicted octanol–water partition coefficient (Wildman–Crippen LogP) is 3.04. The second-order valence-electron chi connectivity index (χ2n) is 5.00. The summed E-state index contributed by atoms with van der Waals surface area (Å²) >= 11 is 0. The van der Waals surface area contributed by atoms with E-state index in [9.17, 15) is 0 Å². The SMILES string of the molecule is Cc1cc(NCCCCCN)n2nc(C)c(C)c2n1.Cl.Cl. The molecule has 2 aromatic rings. The molecule has 2 heterocycles. The van der Waals surface area contributed by atoms with Crippen LogP contribution in [-0.4, -0.2) is 27.7 Å². The molecule has 0 bridgehead atoms. The molecule has 0 spiro atoms. The van der Waals surface area contributed by atoms with Crippen molar-refractivity contribution in [1.29, 1.82) is 0 Å². The van der Waals surface area contributed by atoms with Crippen molar-refractivity contribution in [2.24, 2.45) is 5.73 Å². The molecule has 7 heteroatoms. The summed E-state index contributed by atoms with van der Waals surface area (Å²) in [5.74, 6) is 1.02. The molecule has 0 aliphatic rings. The van der Waals surface area contributed by atoms with E-state index in [0.29, 0.717) is 0 Å². The first-order valence-electron chi connectivity index (χ1n) is 6.91. The van der Waals surface area contributed by atoms with Crippen molar-refractivity contribution in [1.82, 2.24) is 14.6 Å². The van der Waals surface area contributed by atoms with E-state index in [4.69, 9.17) is 5.73 Å². The molecule has 2 rings (SSSR count). The lowest BCUT2D eigenvalue weighted by molar-refractivity contribution is 0.704. The Morgan fingerprint density at radius 2 is 1.86 bits per heavy atom. The van der Waals surface area contributed by atoms with Crippen molar-refractivity contribution in [2.45, 2.75) is 40.0 Å². The molecule has 5 nitrogen and oxygen atoms in total. The molecule has 3 N–H and O–H groups in total. The van der Waals surface area contributed by atoms with Gasteiger partial charge in [-0.05, 0) is 40.2 Å². The van der Waals surface area contributed by atoms with Crippen LogP contribution in [0.2, 0.25) is 0 Å². The van der Waals surface area contributed by atoms with E-state index in [1.807, 2.05) is 24.4 Å². The molecule has 120 valence electrons. The number of halogens is 2. The maximum absolute atomic E-state index is 5.49. The summed E-state index contributed by atoms with van der Waals surface area (Å²) in [6.07, 6.45) is 3.37. The van der Waals surface area contributed by atoms with Crippen LogP contribution in [0, 0.1) is 20.8 Å². The predicted molar refractivity (Wildman–Crippen MR) is 93.1 cm³/mol. The maximum Gasteiger partial charge on any atom is 0.160 e. The van der Waals surface area contributed by atoms with Crippen molar-refractivity contribution in [3.63, 3.8) is 0 Å². The van der Waals surface area contributed by atoms with Gasteiger partial charge < -0.3 is 11.1 Å². The van der Waals surface area contributed by atoms with Gasteiger partial charge in [0.2, 0.25) is 0 Å². The molecule has 0 unspecified atom stereocenters. The van der Waals surface area contributed by atoms with E-state index < -0.39 is 0 Å². The number of hydrogen-bond acceptors (Lipinski definition) is 4. The zero-order valence-electron chi connectivity index (χ0n) is 12.8. The third kappa shape index (κ3) is 4.73. The van der Waals surface area contributed by atoms with Gasteiger partial charge in [-0.3, -0.25) is 0 Å². The lowest BCUT2D eigenvalue weighted by atomic mass is 10.2. The van der Waals surface area contributed by atoms with Crippen LogP contribution in [-0.2, 0) is 0 Å². The molecule has 0 aromatic carbocycles. The monoisotopic (exact) mass is 333 g/mol. The topological polar surface area (TPSA) is 68.2 Å². The molecule has 0 saturated carbocycles. The van der Waals surface area contributed by atoms with Crippen LogP contribution in [0.15, 0.2) is 6.07 Å². The van der Waals surface area contributed by atoms with Gasteiger partial charge >= 0.3 is 0 Å². The van der Waals surface area contributed by atoms with Crippen molar-refractivity contribution >= 4 is 36.3 Å². The number of rotatable bonds is 6. The standard InChI is InChI=1S/C14H23N5.2ClH/c1-10-9-13(16-8-6-4-5-7-15)19-14(17-10)11(2)12(3)18-19;;/h9,16H,4-8,15H2,1-3H3;2*1H. The highest BCUT2D eigenvalue weighted by Crippen LogP contribution is 2.18. The normalized spacial score (nSPS) is 10.1. The number of anilines is 1. The van der Waals surface area contributed by atoms with Gasteiger partial charge in [-0.15, -0.1) is 24.8 Å². The van der Waals surface area contributed by atoms with Gasteiger partial charge in [0.05, 0.1) is 5.69 Å². The summed E-state index contributed by atoms with van der Waals surface area (Å²) in [7, 11) is 0. The Morgan fingerprint density at radius 1 is 1.14 bits per heavy atom. The van der Waals surface area contributed by atoms with Crippen LogP contribution in [0.5, 0.6) is 0 Å². The van der Waals surface area contributed by atoms with Crippen molar-refractivity contribution in [2.75, 3.05) is 18.4 Å². The van der Waals surface area contributed by atoms with Crippen molar-refractivity contribution in [3.05, 3.63) is 23.0 Å². The first-order chi connectivity index (χ1) is 9.13. The van der Waals surface area contributed by atoms with Gasteiger partial charge in [-0.1, -0.05) is 6.42 Å². The Bertz CT molecular complexity index is 568. The van der Waals surface area contributed by atoms with Gasteiger partial charge in [0, 0.05) is 23.9 Å². The first kappa shape index (κ1) is 20.0. The average Bonchev–Trinajstić information content (AvgIpc) is 2.66. The molecule has 0 aliphatic carbocycles. The Morgan fingerprint density at radius 3 is 2.52 bits per heavy atom. The second kappa shape index (κ2) is 9.07. The third-order valence-electron chi connectivity index (χ3n) is 3.37. The summed E-state index contributed by atoms with van der Waals surface area (Å²) in [6.45, 7) is 7.81. The average molecular weight is 334 g/mol. The number of nitrogens with one attached hydrogen (secondary N) is 1. The van der Waals surface area contributed by atoms with Gasteiger partial charge in [-0.2, -0.15) is 9.61 Å². The minimum Gasteiger partial charge on any atom is -0.370 e. The molecule has 0 radical (unpaired) electrons. The van der Waals surface area contributed by atoms with E-state index in [1.54, 1.807) is 0 Å². The van der Waals surface area contributed by atoms with Crippen LogP contribution in [0.3, 0.4) is 0 Å². The molecule has 0 atom stereocenters. The van der Waals surface area contributed by atoms with Crippen molar-refractivity contribution < 1.29 is 0 Å². The van der Waals surface area contributed by atoms with Gasteiger partial charge in [0.25, 0.3) is 0 Å². The maximum atomic E-state index is 5.49. The molecule has 0 fully saturated rings. The zero-order valence-corrected chi connectivity index (χ0v) is 14.5. The molecular weight excluding hydrogens is 309 g/mol. The van der Waals surface area contributed by atoms with Crippen LogP contribution < -0.4 is 11.1 Å². The lowest BCUT2D eigenvalue weighted by Gasteiger charge is -2.09. The summed E-state index contributed by atoms with van der Waals surface area (Å²) < 4.78 is 1.90. The Labute approximate surface area is 138 Å². The van der Waals surface area contributed by atoms with Crippen LogP contribution in [0.25, 0.3) is 5.65 Å². The fourth-order valence-corrected chi connectivity index (χ4v) is 2.14. The highest BCUT2D eigenvalue weighted by Gasteiger charge is 2.10. The van der Waals surface area contributed by atoms with E-state index in [1.165, 1.54) is 0 Å². The number of hydrogen-bond donors (Lipinski definition) is 2. The Hall–Kier alpha value is -1.04. The minimum absolute atomic E-state index is 0. The summed E-state index contributed by atoms with van der Waals surface area (Å²) in [5.41, 5.74) is 9.63. The highest BCUT2D eigenvalue weighted by molar-refractivity contribution is 5.85. The zero-order chi connectivity index (χ0) is 13.8. The molecule has 2 aromatic heterocycles. The van der Waals surface area contributed by atoms with Crippen LogP contribution in [0.4, 0.5) is 5.82 Å². The van der Waals surface area contributed by atoms with Gasteiger partial charge in [0.1, 0.15) is 5.82 Å². The number of unbranched alkanes of at least 4 members (excludes halogenated alkanes) is 2. The van der Waals surface area contributed by atoms with Gasteiger partial charge in [0.15, 0.2) is 5.65 Å². The van der Waals surface area contributed by atoms with E-state index >= 15 is 0 Å². The fourth-order valence-electron chi connectivity index (χ4n) is 2.14. The molecule has 21 heavy (non-hydrogen) atoms. The van der Waals surface area contributed by atoms with E-state index in [-0.39, 0.29) is 24.8 Å². The Kier molecular flexibility index (Phi) is 8.63. The second-order valence-corrected chi connectivity index (χ2v) is 5.00. The number of nitrogens with zero attached hydrogens (tertiary/aromatic N) is 3. The number of fused-ring (bicyclic) bond motifs is 1. The third-order valence-corrected chi connectivity index (χ3v) is 3.37. The van der Waals surface area contributed by atoms with E-state index in [2.05, 4.69) is 22.3 Å². The number of aromatic nitrogens is 3. The van der Waals surface area contributed by atoms with Crippen LogP contribution in [0.1, 0.15) is 36.2 Å². The lowest BCUT2D eigenvalue weighted by Crippen LogP contribution is -2.09. The summed E-state index contributed by atoms with van der Waals surface area (Å²) in [6, 6.07) is 2.04. The number of aryl methyl sites for hydroxylation is 3. The van der Waals surface area contributed by atoms with Gasteiger partial charge in [-0.25, -0.2) is 4.98 Å². The van der Waals surface area contributed by atoms with Crippen molar-refractivity contribution in [3.8, 4) is 0 Å². The quantitative estimate of drug-likeness (QED) is 0.797. The largest absolute Gasteiger partial charge is 0.370 e. The first-order valence-corrected chi connectivity index (χ1v) is 6.91. The van der Waals surface area contributed by atoms with E-state index in [0.717, 1.165) is 60.8 Å². The molecular formula is C14H25Cl2N5. The van der Waals surface area contributed by atoms with Crippen LogP contribution >= 0.6 is 24.8 Å². The Balaban J connectivity index is 0.00000200. The smallest absolute Gasteiger partial charge is 0.160 e.